The van der Waals surface area contributed by atoms with Crippen molar-refractivity contribution < 1.29 is 33.6 Å². The van der Waals surface area contributed by atoms with Crippen LogP contribution >= 0.6 is 0 Å². The summed E-state index contributed by atoms with van der Waals surface area (Å²) in [6.07, 6.45) is 10.2. The molecule has 0 radical (unpaired) electrons. The van der Waals surface area contributed by atoms with Crippen LogP contribution in [0.1, 0.15) is 112 Å². The third-order valence-electron chi connectivity index (χ3n) is 12.5. The van der Waals surface area contributed by atoms with Crippen LogP contribution in [0.5, 0.6) is 0 Å². The Kier molecular flexibility index (Phi) is 12.2. The van der Waals surface area contributed by atoms with Gasteiger partial charge in [0.1, 0.15) is 12.1 Å². The molecule has 288 valence electrons. The van der Waals surface area contributed by atoms with Crippen molar-refractivity contribution in [1.29, 1.82) is 0 Å². The van der Waals surface area contributed by atoms with Crippen LogP contribution in [-0.2, 0) is 28.8 Å². The van der Waals surface area contributed by atoms with Gasteiger partial charge in [-0.1, -0.05) is 85.6 Å². The van der Waals surface area contributed by atoms with Crippen LogP contribution in [-0.4, -0.2) is 95.0 Å². The fourth-order valence-corrected chi connectivity index (χ4v) is 9.02. The van der Waals surface area contributed by atoms with Crippen molar-refractivity contribution in [2.24, 2.45) is 34.5 Å². The molecule has 13 nitrogen and oxygen atoms in total. The molecule has 2 saturated carbocycles. The number of carbonyl (C=O) groups is 7. The number of imide groups is 1. The van der Waals surface area contributed by atoms with Crippen LogP contribution in [0.2, 0.25) is 0 Å². The number of likely N-dealkylation sites (tertiary alicyclic amines) is 1. The van der Waals surface area contributed by atoms with E-state index in [0.29, 0.717) is 51.5 Å². The van der Waals surface area contributed by atoms with E-state index in [4.69, 9.17) is 0 Å². The zero-order valence-corrected chi connectivity index (χ0v) is 31.8. The summed E-state index contributed by atoms with van der Waals surface area (Å²) in [5.41, 5.74) is -0.704. The van der Waals surface area contributed by atoms with Crippen molar-refractivity contribution in [3.8, 4) is 0 Å². The van der Waals surface area contributed by atoms with Crippen molar-refractivity contribution in [1.82, 2.24) is 31.1 Å². The highest BCUT2D eigenvalue weighted by Crippen LogP contribution is 2.65. The van der Waals surface area contributed by atoms with Crippen molar-refractivity contribution in [3.63, 3.8) is 0 Å². The van der Waals surface area contributed by atoms with Gasteiger partial charge in [0.2, 0.25) is 29.4 Å². The molecule has 2 bridgehead atoms. The monoisotopic (exact) mass is 724 g/mol. The van der Waals surface area contributed by atoms with Crippen LogP contribution in [0.25, 0.3) is 0 Å². The molecule has 0 aromatic heterocycles. The van der Waals surface area contributed by atoms with Crippen molar-refractivity contribution in [2.45, 2.75) is 136 Å². The summed E-state index contributed by atoms with van der Waals surface area (Å²) in [7, 11) is 0. The molecule has 5 rings (SSSR count). The number of nitrogens with one attached hydrogen (secondary N) is 4. The Morgan fingerprint density at radius 1 is 0.904 bits per heavy atom. The third kappa shape index (κ3) is 8.54. The molecule has 5 fully saturated rings. The Morgan fingerprint density at radius 2 is 1.50 bits per heavy atom. The van der Waals surface area contributed by atoms with E-state index in [1.165, 1.54) is 11.0 Å². The summed E-state index contributed by atoms with van der Waals surface area (Å²) in [4.78, 5) is 97.5. The summed E-state index contributed by atoms with van der Waals surface area (Å²) < 4.78 is 0. The normalized spacial score (nSPS) is 31.5. The summed E-state index contributed by atoms with van der Waals surface area (Å²) in [5, 5.41) is 11.3. The Labute approximate surface area is 308 Å². The van der Waals surface area contributed by atoms with Gasteiger partial charge in [-0.3, -0.25) is 33.7 Å². The maximum absolute atomic E-state index is 14.4. The molecule has 0 aromatic rings. The van der Waals surface area contributed by atoms with Gasteiger partial charge in [0, 0.05) is 31.5 Å². The maximum Gasteiger partial charge on any atom is 0.315 e. The second kappa shape index (κ2) is 16.1. The van der Waals surface area contributed by atoms with Gasteiger partial charge in [-0.05, 0) is 54.8 Å². The molecular weight excluding hydrogens is 664 g/mol. The largest absolute Gasteiger partial charge is 0.346 e. The van der Waals surface area contributed by atoms with E-state index in [-0.39, 0.29) is 59.9 Å². The SMILES string of the molecule is C=CCNC(=O)C(=O)[C@@H]1CCCCCCCCC[C@H](NC(=O)N[C@H](CN2C(=O)[C@@H]3CC[C@@H](C3)C2=O)C(C)(C)C)C(=O)N2C[C@H]3[C@@H]([C@H]2C(=O)N1)C3(C)C. The molecular formula is C39H60N6O7. The quantitative estimate of drug-likeness (QED) is 0.169. The predicted octanol–water partition coefficient (Wildman–Crippen LogP) is 3.22. The number of amides is 7. The van der Waals surface area contributed by atoms with Gasteiger partial charge >= 0.3 is 6.03 Å². The van der Waals surface area contributed by atoms with E-state index in [9.17, 15) is 33.6 Å². The first-order valence-electron chi connectivity index (χ1n) is 19.5. The van der Waals surface area contributed by atoms with Crippen LogP contribution in [0.15, 0.2) is 12.7 Å². The van der Waals surface area contributed by atoms with E-state index in [2.05, 4.69) is 41.7 Å². The van der Waals surface area contributed by atoms with E-state index in [1.54, 1.807) is 4.90 Å². The average Bonchev–Trinajstić information content (AvgIpc) is 3.46. The molecule has 8 atom stereocenters. The Hall–Kier alpha value is -3.77. The number of hydrogen-bond donors (Lipinski definition) is 4. The molecule has 7 amide bonds. The summed E-state index contributed by atoms with van der Waals surface area (Å²) >= 11 is 0. The molecule has 3 aliphatic heterocycles. The molecule has 2 aliphatic carbocycles. The van der Waals surface area contributed by atoms with E-state index in [1.807, 2.05) is 20.8 Å². The minimum Gasteiger partial charge on any atom is -0.346 e. The Morgan fingerprint density at radius 3 is 2.10 bits per heavy atom. The van der Waals surface area contributed by atoms with Crippen molar-refractivity contribution >= 4 is 41.4 Å². The number of rotatable bonds is 8. The molecule has 5 aliphatic rings. The number of nitrogens with zero attached hydrogens (tertiary/aromatic N) is 2. The molecule has 4 N–H and O–H groups in total. The minimum atomic E-state index is -1.02. The number of piperidine rings is 2. The first kappa shape index (κ1) is 39.4. The molecule has 0 spiro atoms. The topological polar surface area (TPSA) is 174 Å². The van der Waals surface area contributed by atoms with E-state index in [0.717, 1.165) is 32.1 Å². The van der Waals surface area contributed by atoms with Gasteiger partial charge < -0.3 is 26.2 Å². The molecule has 52 heavy (non-hydrogen) atoms. The van der Waals surface area contributed by atoms with Gasteiger partial charge in [0.25, 0.3) is 5.91 Å². The van der Waals surface area contributed by atoms with Gasteiger partial charge in [-0.2, -0.15) is 0 Å². The lowest BCUT2D eigenvalue weighted by molar-refractivity contribution is -0.153. The van der Waals surface area contributed by atoms with Crippen LogP contribution < -0.4 is 21.3 Å². The Bertz CT molecular complexity index is 1420. The standard InChI is InChI=1S/C39H60N6O7/c1-7-19-40-33(48)31(46)26-15-13-11-9-8-10-12-14-16-27(36(51)44-21-25-29(39(25,5)6)30(44)32(47)41-26)42-37(52)43-28(38(2,3)4)22-45-34(49)23-17-18-24(20-23)35(45)50/h7,23-30H,1,8-22H2,2-6H3,(H,40,48)(H,41,47)(H2,42,43,52)/t23-,24+,25-,26-,27-,28+,29-,30-/m0/s1. The highest BCUT2D eigenvalue weighted by atomic mass is 16.2. The first-order valence-corrected chi connectivity index (χ1v) is 19.5. The zero-order chi connectivity index (χ0) is 38.0. The lowest BCUT2D eigenvalue weighted by Crippen LogP contribution is -2.61. The number of ketones is 1. The second-order valence-corrected chi connectivity index (χ2v) is 17.4. The molecule has 0 unspecified atom stereocenters. The second-order valence-electron chi connectivity index (χ2n) is 17.4. The fraction of sp³-hybridized carbons (Fsp3) is 0.769. The molecule has 3 heterocycles. The Balaban J connectivity index is 1.34. The number of carbonyl (C=O) groups excluding carboxylic acids is 7. The zero-order valence-electron chi connectivity index (χ0n) is 31.8. The minimum absolute atomic E-state index is 0.0541. The summed E-state index contributed by atoms with van der Waals surface area (Å²) in [6, 6.07) is -3.94. The average molecular weight is 725 g/mol. The summed E-state index contributed by atoms with van der Waals surface area (Å²) in [6.45, 7) is 14.1. The number of fused-ring (bicyclic) bond motifs is 5. The maximum atomic E-state index is 14.4. The smallest absolute Gasteiger partial charge is 0.315 e. The summed E-state index contributed by atoms with van der Waals surface area (Å²) in [5.74, 6) is -3.04. The molecule has 13 heteroatoms. The van der Waals surface area contributed by atoms with Gasteiger partial charge in [-0.15, -0.1) is 6.58 Å². The van der Waals surface area contributed by atoms with Crippen LogP contribution in [0.3, 0.4) is 0 Å². The van der Waals surface area contributed by atoms with E-state index < -0.39 is 53.2 Å². The van der Waals surface area contributed by atoms with Crippen LogP contribution in [0, 0.1) is 34.5 Å². The third-order valence-corrected chi connectivity index (χ3v) is 12.5. The van der Waals surface area contributed by atoms with Crippen molar-refractivity contribution in [2.75, 3.05) is 19.6 Å². The lowest BCUT2D eigenvalue weighted by atomic mass is 9.85. The molecule has 0 aromatic carbocycles. The van der Waals surface area contributed by atoms with Gasteiger partial charge in [0.15, 0.2) is 0 Å². The lowest BCUT2D eigenvalue weighted by Gasteiger charge is -2.38. The highest BCUT2D eigenvalue weighted by Gasteiger charge is 2.69. The number of hydrogen-bond acceptors (Lipinski definition) is 7. The van der Waals surface area contributed by atoms with E-state index >= 15 is 0 Å². The highest BCUT2D eigenvalue weighted by molar-refractivity contribution is 6.38. The first-order chi connectivity index (χ1) is 24.6. The van der Waals surface area contributed by atoms with Gasteiger partial charge in [0.05, 0.1) is 12.1 Å². The van der Waals surface area contributed by atoms with Crippen LogP contribution in [0.4, 0.5) is 4.79 Å². The predicted molar refractivity (Wildman–Crippen MR) is 194 cm³/mol. The number of urea groups is 1. The van der Waals surface area contributed by atoms with Gasteiger partial charge in [-0.25, -0.2) is 4.79 Å². The fourth-order valence-electron chi connectivity index (χ4n) is 9.02. The van der Waals surface area contributed by atoms with Crippen molar-refractivity contribution in [3.05, 3.63) is 12.7 Å². The number of Topliss-reactive ketones (excluding diaryl/α,β-unsaturated/α-hetero) is 1. The molecule has 3 saturated heterocycles.